The second-order valence-corrected chi connectivity index (χ2v) is 5.04. The van der Waals surface area contributed by atoms with Crippen molar-refractivity contribution in [3.8, 4) is 0 Å². The molecule has 1 aliphatic heterocycles. The Morgan fingerprint density at radius 2 is 2.28 bits per heavy atom. The highest BCUT2D eigenvalue weighted by Crippen LogP contribution is 2.17. The zero-order valence-corrected chi connectivity index (χ0v) is 11.0. The van der Waals surface area contributed by atoms with Gasteiger partial charge in [0.1, 0.15) is 0 Å². The van der Waals surface area contributed by atoms with E-state index in [1.165, 1.54) is 0 Å². The van der Waals surface area contributed by atoms with E-state index in [0.717, 1.165) is 5.56 Å². The van der Waals surface area contributed by atoms with E-state index >= 15 is 0 Å². The van der Waals surface area contributed by atoms with Gasteiger partial charge in [0, 0.05) is 25.2 Å². The smallest absolute Gasteiger partial charge is 0.239 e. The predicted molar refractivity (Wildman–Crippen MR) is 70.3 cm³/mol. The maximum Gasteiger partial charge on any atom is 0.239 e. The van der Waals surface area contributed by atoms with Crippen LogP contribution in [0.4, 0.5) is 0 Å². The lowest BCUT2D eigenvalue weighted by Gasteiger charge is -2.21. The fraction of sp³-hybridized carbons (Fsp3) is 0.462. The Balaban J connectivity index is 1.98. The van der Waals surface area contributed by atoms with Crippen LogP contribution in [0, 0.1) is 0 Å². The van der Waals surface area contributed by atoms with Gasteiger partial charge in [0.2, 0.25) is 5.91 Å². The van der Waals surface area contributed by atoms with Crippen molar-refractivity contribution in [2.75, 3.05) is 13.6 Å². The van der Waals surface area contributed by atoms with Crippen LogP contribution < -0.4 is 5.32 Å². The van der Waals surface area contributed by atoms with Gasteiger partial charge in [-0.1, -0.05) is 29.8 Å². The quantitative estimate of drug-likeness (QED) is 0.861. The third kappa shape index (κ3) is 3.02. The fourth-order valence-corrected chi connectivity index (χ4v) is 2.33. The molecule has 1 saturated heterocycles. The molecule has 1 heterocycles. The van der Waals surface area contributed by atoms with E-state index < -0.39 is 6.10 Å². The van der Waals surface area contributed by atoms with Gasteiger partial charge < -0.3 is 15.3 Å². The van der Waals surface area contributed by atoms with Gasteiger partial charge in [0.05, 0.1) is 12.1 Å². The highest BCUT2D eigenvalue weighted by molar-refractivity contribution is 6.31. The lowest BCUT2D eigenvalue weighted by molar-refractivity contribution is -0.132. The van der Waals surface area contributed by atoms with Gasteiger partial charge >= 0.3 is 0 Å². The topological polar surface area (TPSA) is 52.6 Å². The number of likely N-dealkylation sites (N-methyl/N-ethyl adjacent to an activating group) is 1. The van der Waals surface area contributed by atoms with Crippen LogP contribution in [0.5, 0.6) is 0 Å². The first-order valence-electron chi connectivity index (χ1n) is 5.97. The molecule has 0 spiro atoms. The summed E-state index contributed by atoms with van der Waals surface area (Å²) in [4.78, 5) is 13.8. The molecule has 1 fully saturated rings. The Morgan fingerprint density at radius 1 is 1.56 bits per heavy atom. The molecule has 1 aromatic carbocycles. The number of hydrogen-bond acceptors (Lipinski definition) is 3. The van der Waals surface area contributed by atoms with Crippen LogP contribution in [-0.2, 0) is 11.3 Å². The van der Waals surface area contributed by atoms with E-state index in [1.807, 2.05) is 24.3 Å². The van der Waals surface area contributed by atoms with E-state index in [-0.39, 0.29) is 11.9 Å². The van der Waals surface area contributed by atoms with Crippen LogP contribution in [0.25, 0.3) is 0 Å². The summed E-state index contributed by atoms with van der Waals surface area (Å²) in [7, 11) is 1.75. The molecule has 18 heavy (non-hydrogen) atoms. The predicted octanol–water partition coefficient (Wildman–Crippen LogP) is 1.02. The largest absolute Gasteiger partial charge is 0.392 e. The van der Waals surface area contributed by atoms with E-state index in [1.54, 1.807) is 11.9 Å². The molecular weight excluding hydrogens is 252 g/mol. The fourth-order valence-electron chi connectivity index (χ4n) is 2.13. The molecule has 0 bridgehead atoms. The summed E-state index contributed by atoms with van der Waals surface area (Å²) in [5.74, 6) is -0.00790. The van der Waals surface area contributed by atoms with Gasteiger partial charge in [0.15, 0.2) is 0 Å². The number of aliphatic hydroxyl groups is 1. The normalized spacial score (nSPS) is 23.1. The maximum atomic E-state index is 12.1. The lowest BCUT2D eigenvalue weighted by Crippen LogP contribution is -2.41. The Kier molecular flexibility index (Phi) is 4.22. The van der Waals surface area contributed by atoms with Gasteiger partial charge in [0.25, 0.3) is 0 Å². The number of nitrogens with one attached hydrogen (secondary N) is 1. The molecule has 98 valence electrons. The average Bonchev–Trinajstić information content (AvgIpc) is 2.78. The summed E-state index contributed by atoms with van der Waals surface area (Å²) in [5.41, 5.74) is 0.925. The zero-order valence-electron chi connectivity index (χ0n) is 10.3. The Hall–Kier alpha value is -1.10. The molecule has 5 heteroatoms. The lowest BCUT2D eigenvalue weighted by atomic mass is 10.1. The van der Waals surface area contributed by atoms with Crippen molar-refractivity contribution in [3.63, 3.8) is 0 Å². The van der Waals surface area contributed by atoms with E-state index in [9.17, 15) is 9.90 Å². The molecule has 0 radical (unpaired) electrons. The number of amides is 1. The van der Waals surface area contributed by atoms with Crippen LogP contribution in [0.1, 0.15) is 12.0 Å². The minimum absolute atomic E-state index is 0.00790. The van der Waals surface area contributed by atoms with Crippen molar-refractivity contribution < 1.29 is 9.90 Å². The van der Waals surface area contributed by atoms with Gasteiger partial charge in [-0.25, -0.2) is 0 Å². The minimum Gasteiger partial charge on any atom is -0.392 e. The van der Waals surface area contributed by atoms with Gasteiger partial charge in [-0.15, -0.1) is 0 Å². The van der Waals surface area contributed by atoms with Gasteiger partial charge in [-0.3, -0.25) is 4.79 Å². The number of carbonyl (C=O) groups excluding carboxylic acids is 1. The highest BCUT2D eigenvalue weighted by Gasteiger charge is 2.30. The molecule has 1 amide bonds. The summed E-state index contributed by atoms with van der Waals surface area (Å²) >= 11 is 6.06. The standard InChI is InChI=1S/C13H17ClN2O2/c1-16(8-9-4-2-3-5-11(9)14)13(18)12-6-10(17)7-15-12/h2-5,10,12,15,17H,6-8H2,1H3/t10-,12-/m0/s1. The van der Waals surface area contributed by atoms with Crippen molar-refractivity contribution in [1.82, 2.24) is 10.2 Å². The summed E-state index contributed by atoms with van der Waals surface area (Å²) in [6.45, 7) is 0.961. The minimum atomic E-state index is -0.423. The number of carbonyl (C=O) groups is 1. The van der Waals surface area contributed by atoms with Crippen molar-refractivity contribution in [3.05, 3.63) is 34.9 Å². The van der Waals surface area contributed by atoms with Crippen LogP contribution >= 0.6 is 11.6 Å². The summed E-state index contributed by atoms with van der Waals surface area (Å²) < 4.78 is 0. The molecule has 4 nitrogen and oxygen atoms in total. The molecule has 0 saturated carbocycles. The molecule has 0 unspecified atom stereocenters. The molecule has 2 atom stereocenters. The van der Waals surface area contributed by atoms with E-state index in [4.69, 9.17) is 11.6 Å². The first kappa shape index (κ1) is 13.3. The number of rotatable bonds is 3. The molecule has 1 aromatic rings. The zero-order chi connectivity index (χ0) is 13.1. The monoisotopic (exact) mass is 268 g/mol. The van der Waals surface area contributed by atoms with Crippen molar-refractivity contribution in [1.29, 1.82) is 0 Å². The second-order valence-electron chi connectivity index (χ2n) is 4.64. The molecule has 1 aliphatic rings. The Morgan fingerprint density at radius 3 is 2.89 bits per heavy atom. The number of nitrogens with zero attached hydrogens (tertiary/aromatic N) is 1. The number of hydrogen-bond donors (Lipinski definition) is 2. The highest BCUT2D eigenvalue weighted by atomic mass is 35.5. The number of benzene rings is 1. The van der Waals surface area contributed by atoms with Gasteiger partial charge in [-0.2, -0.15) is 0 Å². The van der Waals surface area contributed by atoms with Crippen LogP contribution in [0.2, 0.25) is 5.02 Å². The molecule has 0 aliphatic carbocycles. The second kappa shape index (κ2) is 5.69. The molecule has 2 N–H and O–H groups in total. The third-order valence-corrected chi connectivity index (χ3v) is 3.52. The SMILES string of the molecule is CN(Cc1ccccc1Cl)C(=O)[C@@H]1C[C@H](O)CN1. The van der Waals surface area contributed by atoms with Gasteiger partial charge in [-0.05, 0) is 18.1 Å². The van der Waals surface area contributed by atoms with Crippen molar-refractivity contribution >= 4 is 17.5 Å². The Bertz CT molecular complexity index is 439. The van der Waals surface area contributed by atoms with Crippen LogP contribution in [0.3, 0.4) is 0 Å². The third-order valence-electron chi connectivity index (χ3n) is 3.15. The summed E-state index contributed by atoms with van der Waals surface area (Å²) in [5, 5.41) is 13.1. The molecular formula is C13H17ClN2O2. The molecule has 2 rings (SSSR count). The molecule has 0 aromatic heterocycles. The van der Waals surface area contributed by atoms with Crippen molar-refractivity contribution in [2.45, 2.75) is 25.1 Å². The number of β-amino-alcohol motifs (C(OH)–C–C–N with tert-alkyl or cyclic N) is 1. The summed E-state index contributed by atoms with van der Waals surface area (Å²) in [6.07, 6.45) is 0.0544. The Labute approximate surface area is 112 Å². The van der Waals surface area contributed by atoms with E-state index in [0.29, 0.717) is 24.5 Å². The number of halogens is 1. The summed E-state index contributed by atoms with van der Waals surface area (Å²) in [6, 6.07) is 7.20. The first-order valence-corrected chi connectivity index (χ1v) is 6.35. The number of aliphatic hydroxyl groups excluding tert-OH is 1. The average molecular weight is 269 g/mol. The van der Waals surface area contributed by atoms with E-state index in [2.05, 4.69) is 5.32 Å². The first-order chi connectivity index (χ1) is 8.58. The van der Waals surface area contributed by atoms with Crippen LogP contribution in [0.15, 0.2) is 24.3 Å². The van der Waals surface area contributed by atoms with Crippen LogP contribution in [-0.4, -0.2) is 41.7 Å². The van der Waals surface area contributed by atoms with Crippen molar-refractivity contribution in [2.24, 2.45) is 0 Å². The maximum absolute atomic E-state index is 12.1.